The molecule has 7 heteroatoms. The predicted molar refractivity (Wildman–Crippen MR) is 105 cm³/mol. The topological polar surface area (TPSA) is 83.0 Å². The predicted octanol–water partition coefficient (Wildman–Crippen LogP) is 3.96. The standard InChI is InChI=1S/C21H29FN4O2/c1-13(2)28-19(27)21(23,12-20(3,4)5)16-9-6-14(10-17(16)22)18-11-24-26(25-18)15-7-8-15/h6,9-11,13,15H,7-8,12,23H2,1-5H3/t21-/m1/s1. The molecule has 0 aliphatic heterocycles. The second kappa shape index (κ2) is 7.28. The summed E-state index contributed by atoms with van der Waals surface area (Å²) in [6, 6.07) is 5.01. The van der Waals surface area contributed by atoms with Gasteiger partial charge in [0.25, 0.3) is 0 Å². The van der Waals surface area contributed by atoms with Gasteiger partial charge in [-0.1, -0.05) is 32.9 Å². The van der Waals surface area contributed by atoms with Crippen molar-refractivity contribution < 1.29 is 13.9 Å². The zero-order valence-corrected chi connectivity index (χ0v) is 17.2. The lowest BCUT2D eigenvalue weighted by molar-refractivity contribution is -0.156. The molecule has 1 aliphatic carbocycles. The number of halogens is 1. The quantitative estimate of drug-likeness (QED) is 0.757. The summed E-state index contributed by atoms with van der Waals surface area (Å²) in [7, 11) is 0. The summed E-state index contributed by atoms with van der Waals surface area (Å²) in [5, 5.41) is 8.67. The lowest BCUT2D eigenvalue weighted by Gasteiger charge is -2.34. The molecule has 0 spiro atoms. The first-order valence-electron chi connectivity index (χ1n) is 9.72. The molecule has 1 heterocycles. The molecule has 1 atom stereocenters. The van der Waals surface area contributed by atoms with Crippen molar-refractivity contribution in [3.05, 3.63) is 35.8 Å². The normalized spacial score (nSPS) is 16.9. The molecule has 152 valence electrons. The van der Waals surface area contributed by atoms with E-state index in [1.54, 1.807) is 37.0 Å². The van der Waals surface area contributed by atoms with Gasteiger partial charge in [-0.2, -0.15) is 15.0 Å². The number of benzene rings is 1. The van der Waals surface area contributed by atoms with E-state index in [4.69, 9.17) is 10.5 Å². The van der Waals surface area contributed by atoms with Crippen molar-refractivity contribution in [2.24, 2.45) is 11.1 Å². The molecular weight excluding hydrogens is 359 g/mol. The summed E-state index contributed by atoms with van der Waals surface area (Å²) in [4.78, 5) is 14.5. The zero-order chi connectivity index (χ0) is 20.7. The molecule has 2 N–H and O–H groups in total. The van der Waals surface area contributed by atoms with E-state index < -0.39 is 17.3 Å². The number of rotatable bonds is 6. The van der Waals surface area contributed by atoms with Crippen LogP contribution in [0.2, 0.25) is 0 Å². The number of carbonyl (C=O) groups is 1. The Bertz CT molecular complexity index is 868. The maximum absolute atomic E-state index is 15.1. The number of esters is 1. The Morgan fingerprint density at radius 3 is 2.57 bits per heavy atom. The number of hydrogen-bond acceptors (Lipinski definition) is 5. The van der Waals surface area contributed by atoms with Crippen molar-refractivity contribution in [1.82, 2.24) is 15.0 Å². The highest BCUT2D eigenvalue weighted by Crippen LogP contribution is 2.37. The van der Waals surface area contributed by atoms with Gasteiger partial charge in [-0.15, -0.1) is 0 Å². The molecular formula is C21H29FN4O2. The summed E-state index contributed by atoms with van der Waals surface area (Å²) >= 11 is 0. The van der Waals surface area contributed by atoms with Crippen LogP contribution in [-0.2, 0) is 15.1 Å². The fourth-order valence-electron chi connectivity index (χ4n) is 3.36. The van der Waals surface area contributed by atoms with Crippen molar-refractivity contribution in [3.8, 4) is 11.3 Å². The lowest BCUT2D eigenvalue weighted by Crippen LogP contribution is -2.49. The van der Waals surface area contributed by atoms with Crippen LogP contribution in [0.5, 0.6) is 0 Å². The molecule has 0 saturated heterocycles. The maximum atomic E-state index is 15.1. The molecule has 0 bridgehead atoms. The van der Waals surface area contributed by atoms with Gasteiger partial charge in [0.05, 0.1) is 18.3 Å². The maximum Gasteiger partial charge on any atom is 0.331 e. The van der Waals surface area contributed by atoms with E-state index in [0.29, 0.717) is 17.3 Å². The molecule has 1 aliphatic rings. The van der Waals surface area contributed by atoms with Crippen LogP contribution in [0.15, 0.2) is 24.4 Å². The number of aromatic nitrogens is 3. The van der Waals surface area contributed by atoms with Crippen LogP contribution in [0.3, 0.4) is 0 Å². The first-order chi connectivity index (χ1) is 13.0. The average molecular weight is 388 g/mol. The second-order valence-corrected chi connectivity index (χ2v) is 9.14. The third kappa shape index (κ3) is 4.41. The first-order valence-corrected chi connectivity index (χ1v) is 9.72. The molecule has 2 aromatic rings. The molecule has 1 aromatic carbocycles. The van der Waals surface area contributed by atoms with Crippen LogP contribution in [0.4, 0.5) is 4.39 Å². The van der Waals surface area contributed by atoms with Gasteiger partial charge in [-0.25, -0.2) is 9.18 Å². The minimum atomic E-state index is -1.57. The van der Waals surface area contributed by atoms with Gasteiger partial charge in [-0.05, 0) is 44.6 Å². The molecule has 1 aromatic heterocycles. The van der Waals surface area contributed by atoms with E-state index in [1.165, 1.54) is 6.07 Å². The Morgan fingerprint density at radius 2 is 2.04 bits per heavy atom. The van der Waals surface area contributed by atoms with Crippen molar-refractivity contribution in [2.75, 3.05) is 0 Å². The molecule has 28 heavy (non-hydrogen) atoms. The Labute approximate surface area is 165 Å². The summed E-state index contributed by atoms with van der Waals surface area (Å²) < 4.78 is 20.5. The Morgan fingerprint density at radius 1 is 1.36 bits per heavy atom. The Balaban J connectivity index is 1.96. The highest BCUT2D eigenvalue weighted by Gasteiger charge is 2.43. The summed E-state index contributed by atoms with van der Waals surface area (Å²) in [5.74, 6) is -1.17. The largest absolute Gasteiger partial charge is 0.461 e. The van der Waals surface area contributed by atoms with Crippen molar-refractivity contribution >= 4 is 5.97 Å². The van der Waals surface area contributed by atoms with Crippen molar-refractivity contribution in [3.63, 3.8) is 0 Å². The minimum Gasteiger partial charge on any atom is -0.461 e. The third-order valence-electron chi connectivity index (χ3n) is 4.64. The second-order valence-electron chi connectivity index (χ2n) is 9.14. The van der Waals surface area contributed by atoms with Crippen LogP contribution >= 0.6 is 0 Å². The number of carbonyl (C=O) groups excluding carboxylic acids is 1. The summed E-state index contributed by atoms with van der Waals surface area (Å²) in [6.07, 6.45) is 3.68. The molecule has 1 fully saturated rings. The van der Waals surface area contributed by atoms with Crippen LogP contribution in [0, 0.1) is 11.2 Å². The molecule has 0 amide bonds. The molecule has 0 unspecified atom stereocenters. The fraction of sp³-hybridized carbons (Fsp3) is 0.571. The summed E-state index contributed by atoms with van der Waals surface area (Å²) in [6.45, 7) is 9.37. The number of nitrogens with zero attached hydrogens (tertiary/aromatic N) is 3. The molecule has 6 nitrogen and oxygen atoms in total. The SMILES string of the molecule is CC(C)OC(=O)[C@@](N)(CC(C)(C)C)c1ccc(-c2cnn(C3CC3)n2)cc1F. The minimum absolute atomic E-state index is 0.131. The van der Waals surface area contributed by atoms with Crippen molar-refractivity contribution in [2.45, 2.75) is 71.6 Å². The van der Waals surface area contributed by atoms with Crippen molar-refractivity contribution in [1.29, 1.82) is 0 Å². The zero-order valence-electron chi connectivity index (χ0n) is 17.2. The average Bonchev–Trinajstić information content (AvgIpc) is 3.29. The number of nitrogens with two attached hydrogens (primary N) is 1. The third-order valence-corrected chi connectivity index (χ3v) is 4.64. The van der Waals surface area contributed by atoms with Gasteiger partial charge in [0.15, 0.2) is 0 Å². The molecule has 3 rings (SSSR count). The molecule has 1 saturated carbocycles. The van der Waals surface area contributed by atoms with Gasteiger partial charge in [-0.3, -0.25) is 0 Å². The van der Waals surface area contributed by atoms with Gasteiger partial charge in [0, 0.05) is 11.1 Å². The lowest BCUT2D eigenvalue weighted by atomic mass is 9.76. The first kappa shape index (κ1) is 20.5. The van der Waals surface area contributed by atoms with Gasteiger partial charge >= 0.3 is 5.97 Å². The number of ether oxygens (including phenoxy) is 1. The summed E-state index contributed by atoms with van der Waals surface area (Å²) in [5.41, 5.74) is 5.95. The molecule has 0 radical (unpaired) electrons. The van der Waals surface area contributed by atoms with E-state index in [2.05, 4.69) is 10.2 Å². The van der Waals surface area contributed by atoms with Gasteiger partial charge in [0.1, 0.15) is 17.1 Å². The Kier molecular flexibility index (Phi) is 5.32. The highest BCUT2D eigenvalue weighted by atomic mass is 19.1. The van der Waals surface area contributed by atoms with E-state index >= 15 is 4.39 Å². The van der Waals surface area contributed by atoms with Crippen LogP contribution in [0.1, 0.15) is 65.5 Å². The smallest absolute Gasteiger partial charge is 0.331 e. The van der Waals surface area contributed by atoms with E-state index in [-0.39, 0.29) is 23.5 Å². The van der Waals surface area contributed by atoms with E-state index in [0.717, 1.165) is 12.8 Å². The van der Waals surface area contributed by atoms with Gasteiger partial charge in [0.2, 0.25) is 0 Å². The Hall–Kier alpha value is -2.28. The fourth-order valence-corrected chi connectivity index (χ4v) is 3.36. The van der Waals surface area contributed by atoms with Crippen LogP contribution < -0.4 is 5.73 Å². The van der Waals surface area contributed by atoms with Crippen LogP contribution in [-0.4, -0.2) is 27.1 Å². The number of hydrogen-bond donors (Lipinski definition) is 1. The highest BCUT2D eigenvalue weighted by molar-refractivity contribution is 5.83. The monoisotopic (exact) mass is 388 g/mol. The van der Waals surface area contributed by atoms with E-state index in [9.17, 15) is 4.79 Å². The van der Waals surface area contributed by atoms with Crippen LogP contribution in [0.25, 0.3) is 11.3 Å². The van der Waals surface area contributed by atoms with Gasteiger partial charge < -0.3 is 10.5 Å². The van der Waals surface area contributed by atoms with E-state index in [1.807, 2.05) is 20.8 Å².